The van der Waals surface area contributed by atoms with Crippen LogP contribution in [0.3, 0.4) is 0 Å². The van der Waals surface area contributed by atoms with Crippen molar-refractivity contribution in [1.29, 1.82) is 0 Å². The predicted octanol–water partition coefficient (Wildman–Crippen LogP) is 6.29. The lowest BCUT2D eigenvalue weighted by Gasteiger charge is -2.44. The molecular formula is C33H43ClN2O4S. The van der Waals surface area contributed by atoms with Crippen molar-refractivity contribution in [1.82, 2.24) is 4.72 Å². The van der Waals surface area contributed by atoms with Crippen LogP contribution in [0.1, 0.15) is 73.9 Å². The number of ether oxygens (including phenoxy) is 1. The highest BCUT2D eigenvalue weighted by Gasteiger charge is 2.38. The van der Waals surface area contributed by atoms with Crippen LogP contribution in [0.25, 0.3) is 0 Å². The van der Waals surface area contributed by atoms with Gasteiger partial charge in [-0.05, 0) is 91.8 Å². The molecule has 1 fully saturated rings. The molecule has 0 aromatic heterocycles. The van der Waals surface area contributed by atoms with Gasteiger partial charge < -0.3 is 14.7 Å². The monoisotopic (exact) mass is 598 g/mol. The highest BCUT2D eigenvalue weighted by Crippen LogP contribution is 2.44. The molecule has 0 radical (unpaired) electrons. The molecule has 5 rings (SSSR count). The number of benzene rings is 2. The van der Waals surface area contributed by atoms with E-state index in [2.05, 4.69) is 47.8 Å². The molecule has 0 spiro atoms. The SMILES string of the molecule is CCCc1cc(Cl)ccc1C1COc2ccc3cc2N(C1)CC1CCC1C(CO)/C=C/CC(C)C(C)S(=O)NC3=O. The molecule has 0 saturated heterocycles. The van der Waals surface area contributed by atoms with Crippen LogP contribution in [0.2, 0.25) is 5.02 Å². The second kappa shape index (κ2) is 13.3. The van der Waals surface area contributed by atoms with Crippen LogP contribution in [-0.2, 0) is 17.4 Å². The highest BCUT2D eigenvalue weighted by molar-refractivity contribution is 7.84. The number of aryl methyl sites for hydroxylation is 1. The quantitative estimate of drug-likeness (QED) is 0.405. The average molecular weight is 599 g/mol. The normalized spacial score (nSPS) is 31.2. The molecule has 1 aliphatic carbocycles. The summed E-state index contributed by atoms with van der Waals surface area (Å²) in [6, 6.07) is 11.7. The Morgan fingerprint density at radius 3 is 2.71 bits per heavy atom. The minimum Gasteiger partial charge on any atom is -0.491 e. The molecule has 2 aromatic carbocycles. The van der Waals surface area contributed by atoms with Crippen LogP contribution < -0.4 is 14.4 Å². The zero-order valence-corrected chi connectivity index (χ0v) is 25.9. The lowest BCUT2D eigenvalue weighted by atomic mass is 9.66. The number of halogens is 1. The average Bonchev–Trinajstić information content (AvgIpc) is 3.13. The predicted molar refractivity (Wildman–Crippen MR) is 167 cm³/mol. The highest BCUT2D eigenvalue weighted by atomic mass is 35.5. The second-order valence-corrected chi connectivity index (χ2v) is 14.1. The summed E-state index contributed by atoms with van der Waals surface area (Å²) in [5.74, 6) is 1.60. The van der Waals surface area contributed by atoms with Gasteiger partial charge in [0.05, 0.1) is 17.5 Å². The number of nitrogens with zero attached hydrogens (tertiary/aromatic N) is 1. The lowest BCUT2D eigenvalue weighted by molar-refractivity contribution is 0.0902. The molecule has 1 amide bonds. The Morgan fingerprint density at radius 1 is 1.15 bits per heavy atom. The van der Waals surface area contributed by atoms with Crippen LogP contribution in [0.5, 0.6) is 5.75 Å². The van der Waals surface area contributed by atoms with E-state index in [1.807, 2.05) is 25.1 Å². The van der Waals surface area contributed by atoms with Gasteiger partial charge in [0, 0.05) is 42.1 Å². The molecule has 8 heteroatoms. The molecule has 2 aliphatic heterocycles. The number of fused-ring (bicyclic) bond motifs is 2. The van der Waals surface area contributed by atoms with Gasteiger partial charge in [0.1, 0.15) is 16.7 Å². The number of aliphatic hydroxyl groups is 1. The standard InChI is InChI=1S/C33H43ClN2O4S/c1-4-6-23-15-28(34)11-13-29(23)27-18-36-17-25-9-12-30(25)26(19-37)8-5-7-21(2)22(3)41(39)35-33(38)24-10-14-32(40-20-27)31(36)16-24/h5,8,10-11,13-16,21-22,25-27,30,37H,4,6-7,9,12,17-20H2,1-3H3,(H,35,38)/b8-5+. The molecule has 2 heterocycles. The summed E-state index contributed by atoms with van der Waals surface area (Å²) in [5, 5.41) is 10.9. The van der Waals surface area contributed by atoms with Crippen LogP contribution >= 0.6 is 11.6 Å². The summed E-state index contributed by atoms with van der Waals surface area (Å²) in [4.78, 5) is 15.7. The molecule has 2 N–H and O–H groups in total. The van der Waals surface area contributed by atoms with Gasteiger partial charge in [0.2, 0.25) is 0 Å². The van der Waals surface area contributed by atoms with E-state index in [0.29, 0.717) is 24.0 Å². The number of nitrogens with one attached hydrogen (secondary N) is 1. The maximum atomic E-state index is 13.3. The van der Waals surface area contributed by atoms with Gasteiger partial charge in [-0.15, -0.1) is 0 Å². The maximum Gasteiger partial charge on any atom is 0.263 e. The molecule has 41 heavy (non-hydrogen) atoms. The molecule has 6 nitrogen and oxygen atoms in total. The minimum atomic E-state index is -1.52. The van der Waals surface area contributed by atoms with Gasteiger partial charge >= 0.3 is 0 Å². The fraction of sp³-hybridized carbons (Fsp3) is 0.545. The molecule has 3 aliphatic rings. The number of amides is 1. The molecule has 2 bridgehead atoms. The second-order valence-electron chi connectivity index (χ2n) is 12.1. The first-order chi connectivity index (χ1) is 19.8. The van der Waals surface area contributed by atoms with Gasteiger partial charge in [-0.2, -0.15) is 0 Å². The number of carbonyl (C=O) groups is 1. The van der Waals surface area contributed by atoms with E-state index in [9.17, 15) is 14.1 Å². The number of carbonyl (C=O) groups excluding carboxylic acids is 1. The largest absolute Gasteiger partial charge is 0.491 e. The van der Waals surface area contributed by atoms with Crippen molar-refractivity contribution in [2.45, 2.75) is 64.0 Å². The van der Waals surface area contributed by atoms with Gasteiger partial charge in [-0.1, -0.05) is 50.1 Å². The Hall–Kier alpha value is -2.35. The summed E-state index contributed by atoms with van der Waals surface area (Å²) in [6.07, 6.45) is 9.24. The maximum absolute atomic E-state index is 13.3. The first kappa shape index (κ1) is 30.1. The summed E-state index contributed by atoms with van der Waals surface area (Å²) < 4.78 is 22.3. The zero-order chi connectivity index (χ0) is 29.1. The van der Waals surface area contributed by atoms with E-state index < -0.39 is 11.0 Å². The first-order valence-electron chi connectivity index (χ1n) is 15.1. The number of rotatable bonds is 4. The number of aliphatic hydroxyl groups excluding tert-OH is 1. The summed E-state index contributed by atoms with van der Waals surface area (Å²) in [7, 11) is -1.52. The topological polar surface area (TPSA) is 78.9 Å². The van der Waals surface area contributed by atoms with Gasteiger partial charge in [0.15, 0.2) is 0 Å². The number of hydrogen-bond donors (Lipinski definition) is 2. The van der Waals surface area contributed by atoms with Crippen LogP contribution in [0.15, 0.2) is 48.6 Å². The Balaban J connectivity index is 1.53. The molecule has 7 unspecified atom stereocenters. The van der Waals surface area contributed by atoms with Gasteiger partial charge in [-0.3, -0.25) is 9.52 Å². The lowest BCUT2D eigenvalue weighted by Crippen LogP contribution is -2.43. The summed E-state index contributed by atoms with van der Waals surface area (Å²) in [6.45, 7) is 8.38. The Labute approximate surface area is 252 Å². The third-order valence-electron chi connectivity index (χ3n) is 9.42. The van der Waals surface area contributed by atoms with E-state index in [-0.39, 0.29) is 35.5 Å². The summed E-state index contributed by atoms with van der Waals surface area (Å²) >= 11 is 6.39. The van der Waals surface area contributed by atoms with Crippen molar-refractivity contribution < 1.29 is 18.8 Å². The van der Waals surface area contributed by atoms with E-state index in [1.54, 1.807) is 6.07 Å². The van der Waals surface area contributed by atoms with Crippen molar-refractivity contribution >= 4 is 34.2 Å². The van der Waals surface area contributed by atoms with Gasteiger partial charge in [-0.25, -0.2) is 4.21 Å². The molecule has 1 saturated carbocycles. The number of allylic oxidation sites excluding steroid dienone is 1. The minimum absolute atomic E-state index is 0.103. The molecule has 7 atom stereocenters. The molecule has 222 valence electrons. The van der Waals surface area contributed by atoms with Crippen LogP contribution in [0.4, 0.5) is 5.69 Å². The van der Waals surface area contributed by atoms with Crippen molar-refractivity contribution in [2.24, 2.45) is 23.7 Å². The number of anilines is 1. The van der Waals surface area contributed by atoms with Crippen molar-refractivity contribution in [3.63, 3.8) is 0 Å². The fourth-order valence-corrected chi connectivity index (χ4v) is 7.79. The van der Waals surface area contributed by atoms with Crippen molar-refractivity contribution in [3.8, 4) is 5.75 Å². The molecular weight excluding hydrogens is 556 g/mol. The van der Waals surface area contributed by atoms with Crippen LogP contribution in [0, 0.1) is 23.7 Å². The summed E-state index contributed by atoms with van der Waals surface area (Å²) in [5.41, 5.74) is 3.89. The Bertz CT molecular complexity index is 1300. The van der Waals surface area contributed by atoms with E-state index >= 15 is 0 Å². The zero-order valence-electron chi connectivity index (χ0n) is 24.4. The smallest absolute Gasteiger partial charge is 0.263 e. The first-order valence-corrected chi connectivity index (χ1v) is 16.7. The Morgan fingerprint density at radius 2 is 1.98 bits per heavy atom. The third-order valence-corrected chi connectivity index (χ3v) is 11.2. The van der Waals surface area contributed by atoms with Crippen molar-refractivity contribution in [3.05, 3.63) is 70.3 Å². The third kappa shape index (κ3) is 6.68. The van der Waals surface area contributed by atoms with Crippen molar-refractivity contribution in [2.75, 3.05) is 31.2 Å². The fourth-order valence-electron chi connectivity index (χ4n) is 6.58. The van der Waals surface area contributed by atoms with Crippen LogP contribution in [-0.4, -0.2) is 46.8 Å². The van der Waals surface area contributed by atoms with E-state index in [0.717, 1.165) is 61.7 Å². The number of hydrogen-bond acceptors (Lipinski definition) is 5. The van der Waals surface area contributed by atoms with Gasteiger partial charge in [0.25, 0.3) is 5.91 Å². The van der Waals surface area contributed by atoms with E-state index in [4.69, 9.17) is 16.3 Å². The van der Waals surface area contributed by atoms with E-state index in [1.165, 1.54) is 11.1 Å². The Kier molecular flexibility index (Phi) is 9.77. The molecule has 2 aromatic rings.